The second kappa shape index (κ2) is 7.84. The van der Waals surface area contributed by atoms with Crippen molar-refractivity contribution in [1.82, 2.24) is 5.32 Å². The van der Waals surface area contributed by atoms with Gasteiger partial charge < -0.3 is 9.47 Å². The largest absolute Gasteiger partial charge is 0.379 e. The average molecular weight is 268 g/mol. The zero-order valence-electron chi connectivity index (χ0n) is 12.7. The standard InChI is InChI=1S/C15H28N2O2/c1-5-18-10-13(4)19-14-7-6-8-15(9-14,11-16)17-12(2)3/h12-14,17H,5-10H2,1-4H3. The van der Waals surface area contributed by atoms with Crippen LogP contribution in [0.2, 0.25) is 0 Å². The Bertz CT molecular complexity index is 301. The Morgan fingerprint density at radius 1 is 1.42 bits per heavy atom. The molecule has 0 radical (unpaired) electrons. The molecule has 0 aromatic carbocycles. The number of nitrogens with one attached hydrogen (secondary N) is 1. The van der Waals surface area contributed by atoms with Crippen molar-refractivity contribution in [3.63, 3.8) is 0 Å². The zero-order chi connectivity index (χ0) is 14.3. The highest BCUT2D eigenvalue weighted by Crippen LogP contribution is 2.30. The molecule has 0 saturated heterocycles. The van der Waals surface area contributed by atoms with Crippen LogP contribution in [0.25, 0.3) is 0 Å². The lowest BCUT2D eigenvalue weighted by atomic mass is 9.80. The van der Waals surface area contributed by atoms with Crippen molar-refractivity contribution < 1.29 is 9.47 Å². The molecule has 0 bridgehead atoms. The number of rotatable bonds is 7. The number of hydrogen-bond donors (Lipinski definition) is 1. The summed E-state index contributed by atoms with van der Waals surface area (Å²) in [6.07, 6.45) is 4.03. The molecule has 1 aliphatic rings. The van der Waals surface area contributed by atoms with E-state index < -0.39 is 5.54 Å². The summed E-state index contributed by atoms with van der Waals surface area (Å²) >= 11 is 0. The molecule has 4 heteroatoms. The molecular formula is C15H28N2O2. The lowest BCUT2D eigenvalue weighted by Gasteiger charge is -2.38. The van der Waals surface area contributed by atoms with Gasteiger partial charge in [0.15, 0.2) is 0 Å². The van der Waals surface area contributed by atoms with Crippen LogP contribution in [-0.4, -0.2) is 37.0 Å². The van der Waals surface area contributed by atoms with Crippen LogP contribution in [0.1, 0.15) is 53.4 Å². The van der Waals surface area contributed by atoms with Gasteiger partial charge in [0.2, 0.25) is 0 Å². The number of hydrogen-bond acceptors (Lipinski definition) is 4. The summed E-state index contributed by atoms with van der Waals surface area (Å²) in [5.41, 5.74) is -0.414. The smallest absolute Gasteiger partial charge is 0.109 e. The molecule has 1 saturated carbocycles. The van der Waals surface area contributed by atoms with E-state index >= 15 is 0 Å². The van der Waals surface area contributed by atoms with E-state index in [-0.39, 0.29) is 12.2 Å². The van der Waals surface area contributed by atoms with Gasteiger partial charge >= 0.3 is 0 Å². The fraction of sp³-hybridized carbons (Fsp3) is 0.933. The Morgan fingerprint density at radius 2 is 2.16 bits per heavy atom. The van der Waals surface area contributed by atoms with Crippen molar-refractivity contribution in [3.8, 4) is 6.07 Å². The molecule has 1 rings (SSSR count). The van der Waals surface area contributed by atoms with E-state index in [1.165, 1.54) is 0 Å². The fourth-order valence-corrected chi connectivity index (χ4v) is 2.81. The van der Waals surface area contributed by atoms with Gasteiger partial charge in [-0.05, 0) is 47.0 Å². The monoisotopic (exact) mass is 268 g/mol. The molecule has 1 fully saturated rings. The van der Waals surface area contributed by atoms with Crippen LogP contribution in [0.5, 0.6) is 0 Å². The molecule has 0 aliphatic heterocycles. The molecule has 3 unspecified atom stereocenters. The SMILES string of the molecule is CCOCC(C)OC1CCCC(C#N)(NC(C)C)C1. The predicted octanol–water partition coefficient (Wildman–Crippen LogP) is 2.63. The average Bonchev–Trinajstić information content (AvgIpc) is 2.36. The Morgan fingerprint density at radius 3 is 2.74 bits per heavy atom. The summed E-state index contributed by atoms with van der Waals surface area (Å²) < 4.78 is 11.4. The molecule has 4 nitrogen and oxygen atoms in total. The number of nitrogens with zero attached hydrogens (tertiary/aromatic N) is 1. The first-order valence-electron chi connectivity index (χ1n) is 7.43. The Kier molecular flexibility index (Phi) is 6.78. The number of nitriles is 1. The van der Waals surface area contributed by atoms with Crippen LogP contribution in [0.4, 0.5) is 0 Å². The summed E-state index contributed by atoms with van der Waals surface area (Å²) in [6.45, 7) is 9.54. The summed E-state index contributed by atoms with van der Waals surface area (Å²) in [5.74, 6) is 0. The molecule has 3 atom stereocenters. The molecular weight excluding hydrogens is 240 g/mol. The maximum atomic E-state index is 9.49. The fourth-order valence-electron chi connectivity index (χ4n) is 2.81. The highest BCUT2D eigenvalue weighted by atomic mass is 16.5. The van der Waals surface area contributed by atoms with Gasteiger partial charge in [0, 0.05) is 19.1 Å². The maximum absolute atomic E-state index is 9.49. The minimum Gasteiger partial charge on any atom is -0.379 e. The molecule has 110 valence electrons. The van der Waals surface area contributed by atoms with E-state index in [0.29, 0.717) is 12.6 Å². The van der Waals surface area contributed by atoms with Gasteiger partial charge in [0.05, 0.1) is 24.9 Å². The molecule has 19 heavy (non-hydrogen) atoms. The lowest BCUT2D eigenvalue weighted by Crippen LogP contribution is -2.52. The van der Waals surface area contributed by atoms with Crippen molar-refractivity contribution in [1.29, 1.82) is 5.26 Å². The molecule has 0 aromatic heterocycles. The van der Waals surface area contributed by atoms with Gasteiger partial charge in [0.1, 0.15) is 5.54 Å². The topological polar surface area (TPSA) is 54.3 Å². The maximum Gasteiger partial charge on any atom is 0.109 e. The Labute approximate surface area is 117 Å². The first-order valence-corrected chi connectivity index (χ1v) is 7.43. The van der Waals surface area contributed by atoms with Crippen LogP contribution < -0.4 is 5.32 Å². The second-order valence-corrected chi connectivity index (χ2v) is 5.82. The number of ether oxygens (including phenoxy) is 2. The van der Waals surface area contributed by atoms with E-state index in [0.717, 1.165) is 32.3 Å². The van der Waals surface area contributed by atoms with E-state index in [1.807, 2.05) is 13.8 Å². The predicted molar refractivity (Wildman–Crippen MR) is 75.9 cm³/mol. The lowest BCUT2D eigenvalue weighted by molar-refractivity contribution is -0.0676. The Balaban J connectivity index is 2.51. The van der Waals surface area contributed by atoms with Gasteiger partial charge in [-0.2, -0.15) is 5.26 Å². The third-order valence-electron chi connectivity index (χ3n) is 3.47. The third kappa shape index (κ3) is 5.48. The van der Waals surface area contributed by atoms with Crippen LogP contribution in [0.15, 0.2) is 0 Å². The van der Waals surface area contributed by atoms with E-state index in [4.69, 9.17) is 9.47 Å². The first kappa shape index (κ1) is 16.4. The molecule has 0 heterocycles. The van der Waals surface area contributed by atoms with E-state index in [1.54, 1.807) is 0 Å². The quantitative estimate of drug-likeness (QED) is 0.771. The van der Waals surface area contributed by atoms with Gasteiger partial charge in [0.25, 0.3) is 0 Å². The minimum absolute atomic E-state index is 0.0958. The molecule has 1 aliphatic carbocycles. The van der Waals surface area contributed by atoms with E-state index in [9.17, 15) is 5.26 Å². The van der Waals surface area contributed by atoms with Gasteiger partial charge in [-0.15, -0.1) is 0 Å². The highest BCUT2D eigenvalue weighted by Gasteiger charge is 2.37. The first-order chi connectivity index (χ1) is 9.01. The van der Waals surface area contributed by atoms with Crippen molar-refractivity contribution in [2.45, 2.75) is 77.2 Å². The molecule has 0 aromatic rings. The highest BCUT2D eigenvalue weighted by molar-refractivity contribution is 5.10. The summed E-state index contributed by atoms with van der Waals surface area (Å²) in [5, 5.41) is 12.9. The summed E-state index contributed by atoms with van der Waals surface area (Å²) in [6, 6.07) is 2.79. The summed E-state index contributed by atoms with van der Waals surface area (Å²) in [7, 11) is 0. The summed E-state index contributed by atoms with van der Waals surface area (Å²) in [4.78, 5) is 0. The molecule has 1 N–H and O–H groups in total. The van der Waals surface area contributed by atoms with Crippen LogP contribution in [0.3, 0.4) is 0 Å². The Hall–Kier alpha value is -0.630. The van der Waals surface area contributed by atoms with Crippen molar-refractivity contribution in [2.75, 3.05) is 13.2 Å². The normalized spacial score (nSPS) is 29.2. The zero-order valence-corrected chi connectivity index (χ0v) is 12.7. The minimum atomic E-state index is -0.414. The van der Waals surface area contributed by atoms with E-state index in [2.05, 4.69) is 25.2 Å². The second-order valence-electron chi connectivity index (χ2n) is 5.82. The van der Waals surface area contributed by atoms with Crippen LogP contribution >= 0.6 is 0 Å². The van der Waals surface area contributed by atoms with Crippen molar-refractivity contribution >= 4 is 0 Å². The van der Waals surface area contributed by atoms with Crippen molar-refractivity contribution in [3.05, 3.63) is 0 Å². The van der Waals surface area contributed by atoms with Crippen molar-refractivity contribution in [2.24, 2.45) is 0 Å². The molecule has 0 spiro atoms. The molecule has 0 amide bonds. The third-order valence-corrected chi connectivity index (χ3v) is 3.47. The van der Waals surface area contributed by atoms with Gasteiger partial charge in [-0.25, -0.2) is 0 Å². The van der Waals surface area contributed by atoms with Crippen LogP contribution in [-0.2, 0) is 9.47 Å². The van der Waals surface area contributed by atoms with Crippen LogP contribution in [0, 0.1) is 11.3 Å². The van der Waals surface area contributed by atoms with Gasteiger partial charge in [-0.3, -0.25) is 5.32 Å². The van der Waals surface area contributed by atoms with Gasteiger partial charge in [-0.1, -0.05) is 0 Å².